The normalized spacial score (nSPS) is 15.0. The third-order valence-corrected chi connectivity index (χ3v) is 4.30. The molecule has 22 heavy (non-hydrogen) atoms. The van der Waals surface area contributed by atoms with Crippen LogP contribution in [0.25, 0.3) is 11.0 Å². The van der Waals surface area contributed by atoms with E-state index in [1.807, 2.05) is 6.92 Å². The van der Waals surface area contributed by atoms with Gasteiger partial charge in [0.25, 0.3) is 0 Å². The molecule has 0 spiro atoms. The maximum Gasteiger partial charge on any atom is 0.336 e. The lowest BCUT2D eigenvalue weighted by Gasteiger charge is -2.24. The van der Waals surface area contributed by atoms with Gasteiger partial charge in [-0.1, -0.05) is 19.8 Å². The van der Waals surface area contributed by atoms with Crippen LogP contribution in [-0.2, 0) is 6.42 Å². The number of hydrogen-bond donors (Lipinski definition) is 2. The van der Waals surface area contributed by atoms with Gasteiger partial charge in [-0.05, 0) is 24.8 Å². The van der Waals surface area contributed by atoms with E-state index >= 15 is 0 Å². The highest BCUT2D eigenvalue weighted by Gasteiger charge is 2.31. The van der Waals surface area contributed by atoms with Gasteiger partial charge in [0.15, 0.2) is 11.4 Å². The van der Waals surface area contributed by atoms with Gasteiger partial charge in [0.1, 0.15) is 17.1 Å². The second-order valence-electron chi connectivity index (χ2n) is 5.83. The molecule has 0 amide bonds. The average Bonchev–Trinajstić information content (AvgIpc) is 2.35. The van der Waals surface area contributed by atoms with Gasteiger partial charge in [0, 0.05) is 18.1 Å². The molecule has 0 bridgehead atoms. The number of fused-ring (bicyclic) bond motifs is 1. The second-order valence-corrected chi connectivity index (χ2v) is 5.83. The molecule has 3 rings (SSSR count). The number of ketones is 1. The molecular weight excluding hydrogens is 284 g/mol. The number of benzene rings is 1. The number of aryl methyl sites for hydroxylation is 1. The van der Waals surface area contributed by atoms with Crippen LogP contribution in [0.15, 0.2) is 21.3 Å². The Morgan fingerprint density at radius 1 is 1.27 bits per heavy atom. The number of rotatable bonds is 4. The third-order valence-electron chi connectivity index (χ3n) is 4.30. The van der Waals surface area contributed by atoms with Crippen LogP contribution < -0.4 is 5.63 Å². The van der Waals surface area contributed by atoms with Crippen molar-refractivity contribution < 1.29 is 19.4 Å². The second kappa shape index (κ2) is 5.48. The van der Waals surface area contributed by atoms with Crippen LogP contribution in [0.4, 0.5) is 0 Å². The molecule has 1 saturated carbocycles. The first kappa shape index (κ1) is 14.6. The fourth-order valence-electron chi connectivity index (χ4n) is 2.97. The smallest absolute Gasteiger partial charge is 0.336 e. The number of aromatic hydroxyl groups is 2. The van der Waals surface area contributed by atoms with Crippen molar-refractivity contribution in [2.75, 3.05) is 0 Å². The van der Waals surface area contributed by atoms with Crippen molar-refractivity contribution in [2.24, 2.45) is 5.92 Å². The van der Waals surface area contributed by atoms with Gasteiger partial charge in [-0.25, -0.2) is 4.79 Å². The standard InChI is InChI=1S/C17H18O5/c1-2-4-10-7-13(20)22-17-14(10)11(18)8-12(19)15(17)16(21)9-5-3-6-9/h7-9,18-19H,2-6H2,1H3. The Hall–Kier alpha value is -2.30. The number of hydrogen-bond acceptors (Lipinski definition) is 5. The molecule has 5 heteroatoms. The van der Waals surface area contributed by atoms with E-state index in [-0.39, 0.29) is 34.3 Å². The Bertz CT molecular complexity index is 799. The molecule has 0 atom stereocenters. The number of carbonyl (C=O) groups excluding carboxylic acids is 1. The number of carbonyl (C=O) groups is 1. The summed E-state index contributed by atoms with van der Waals surface area (Å²) in [5, 5.41) is 20.6. The fourth-order valence-corrected chi connectivity index (χ4v) is 2.97. The molecule has 1 fully saturated rings. The van der Waals surface area contributed by atoms with Crippen molar-refractivity contribution >= 4 is 16.8 Å². The SMILES string of the molecule is CCCc1cc(=O)oc2c(C(=O)C3CCC3)c(O)cc(O)c12. The molecule has 1 aliphatic carbocycles. The summed E-state index contributed by atoms with van der Waals surface area (Å²) in [7, 11) is 0. The Morgan fingerprint density at radius 3 is 2.59 bits per heavy atom. The van der Waals surface area contributed by atoms with Crippen LogP contribution in [0.5, 0.6) is 11.5 Å². The topological polar surface area (TPSA) is 87.7 Å². The predicted molar refractivity (Wildman–Crippen MR) is 81.5 cm³/mol. The van der Waals surface area contributed by atoms with Gasteiger partial charge in [0.05, 0.1) is 5.39 Å². The maximum absolute atomic E-state index is 12.5. The summed E-state index contributed by atoms with van der Waals surface area (Å²) < 4.78 is 5.18. The minimum absolute atomic E-state index is 0.00495. The molecule has 0 saturated heterocycles. The van der Waals surface area contributed by atoms with E-state index in [2.05, 4.69) is 0 Å². The van der Waals surface area contributed by atoms with Gasteiger partial charge in [-0.2, -0.15) is 0 Å². The number of phenolic OH excluding ortho intramolecular Hbond substituents is 2. The average molecular weight is 302 g/mol. The molecule has 2 aromatic rings. The van der Waals surface area contributed by atoms with Gasteiger partial charge in [-0.3, -0.25) is 4.79 Å². The van der Waals surface area contributed by atoms with Crippen molar-refractivity contribution in [1.82, 2.24) is 0 Å². The number of Topliss-reactive ketones (excluding diaryl/α,β-unsaturated/α-hetero) is 1. The summed E-state index contributed by atoms with van der Waals surface area (Å²) >= 11 is 0. The lowest BCUT2D eigenvalue weighted by Crippen LogP contribution is -2.22. The van der Waals surface area contributed by atoms with Crippen LogP contribution in [0.3, 0.4) is 0 Å². The van der Waals surface area contributed by atoms with Crippen LogP contribution in [0.2, 0.25) is 0 Å². The van der Waals surface area contributed by atoms with Crippen LogP contribution in [0.1, 0.15) is 48.5 Å². The Kier molecular flexibility index (Phi) is 3.64. The quantitative estimate of drug-likeness (QED) is 0.669. The van der Waals surface area contributed by atoms with Crippen molar-refractivity contribution in [2.45, 2.75) is 39.0 Å². The fraction of sp³-hybridized carbons (Fsp3) is 0.412. The highest BCUT2D eigenvalue weighted by atomic mass is 16.4. The molecule has 0 radical (unpaired) electrons. The molecule has 1 aromatic carbocycles. The lowest BCUT2D eigenvalue weighted by molar-refractivity contribution is 0.0853. The Balaban J connectivity index is 2.31. The van der Waals surface area contributed by atoms with Gasteiger partial charge < -0.3 is 14.6 Å². The van der Waals surface area contributed by atoms with E-state index in [4.69, 9.17) is 4.42 Å². The zero-order valence-corrected chi connectivity index (χ0v) is 12.4. The first-order valence-electron chi connectivity index (χ1n) is 7.58. The minimum atomic E-state index is -0.580. The van der Waals surface area contributed by atoms with E-state index in [9.17, 15) is 19.8 Å². The summed E-state index contributed by atoms with van der Waals surface area (Å²) in [6.07, 6.45) is 3.90. The predicted octanol–water partition coefficient (Wildman–Crippen LogP) is 3.14. The van der Waals surface area contributed by atoms with Crippen molar-refractivity contribution in [1.29, 1.82) is 0 Å². The monoisotopic (exact) mass is 302 g/mol. The van der Waals surface area contributed by atoms with E-state index in [0.29, 0.717) is 17.4 Å². The molecular formula is C17H18O5. The van der Waals surface area contributed by atoms with Gasteiger partial charge >= 0.3 is 5.63 Å². The lowest BCUT2D eigenvalue weighted by atomic mass is 9.79. The van der Waals surface area contributed by atoms with E-state index < -0.39 is 5.63 Å². The first-order chi connectivity index (χ1) is 10.5. The largest absolute Gasteiger partial charge is 0.507 e. The van der Waals surface area contributed by atoms with Crippen molar-refractivity contribution in [3.05, 3.63) is 33.7 Å². The van der Waals surface area contributed by atoms with Crippen molar-refractivity contribution in [3.8, 4) is 11.5 Å². The van der Waals surface area contributed by atoms with Crippen molar-refractivity contribution in [3.63, 3.8) is 0 Å². The van der Waals surface area contributed by atoms with E-state index in [1.165, 1.54) is 6.07 Å². The Labute approximate surface area is 127 Å². The summed E-state index contributed by atoms with van der Waals surface area (Å²) in [6, 6.07) is 2.49. The highest BCUT2D eigenvalue weighted by Crippen LogP contribution is 2.40. The Morgan fingerprint density at radius 2 is 2.00 bits per heavy atom. The molecule has 5 nitrogen and oxygen atoms in total. The third kappa shape index (κ3) is 2.26. The van der Waals surface area contributed by atoms with Gasteiger partial charge in [-0.15, -0.1) is 0 Å². The summed E-state index contributed by atoms with van der Waals surface area (Å²) in [5.74, 6) is -0.868. The zero-order valence-electron chi connectivity index (χ0n) is 12.4. The van der Waals surface area contributed by atoms with E-state index in [0.717, 1.165) is 31.7 Å². The maximum atomic E-state index is 12.5. The minimum Gasteiger partial charge on any atom is -0.507 e. The molecule has 0 aliphatic heterocycles. The van der Waals surface area contributed by atoms with Gasteiger partial charge in [0.2, 0.25) is 0 Å². The molecule has 1 aromatic heterocycles. The number of phenols is 2. The molecule has 116 valence electrons. The summed E-state index contributed by atoms with van der Waals surface area (Å²) in [5.41, 5.74) is 0.0791. The first-order valence-corrected chi connectivity index (χ1v) is 7.58. The molecule has 2 N–H and O–H groups in total. The van der Waals surface area contributed by atoms with Crippen LogP contribution in [0, 0.1) is 5.92 Å². The molecule has 1 aliphatic rings. The zero-order chi connectivity index (χ0) is 15.9. The van der Waals surface area contributed by atoms with Crippen LogP contribution >= 0.6 is 0 Å². The van der Waals surface area contributed by atoms with E-state index in [1.54, 1.807) is 0 Å². The van der Waals surface area contributed by atoms with Crippen LogP contribution in [-0.4, -0.2) is 16.0 Å². The molecule has 0 unspecified atom stereocenters. The summed E-state index contributed by atoms with van der Waals surface area (Å²) in [6.45, 7) is 1.96. The highest BCUT2D eigenvalue weighted by molar-refractivity contribution is 6.11. The molecule has 1 heterocycles. The summed E-state index contributed by atoms with van der Waals surface area (Å²) in [4.78, 5) is 24.3.